The molecule has 2 heterocycles. The molecule has 0 saturated carbocycles. The molecule has 0 radical (unpaired) electrons. The van der Waals surface area contributed by atoms with E-state index in [0.29, 0.717) is 11.1 Å². The molecule has 0 aliphatic carbocycles. The van der Waals surface area contributed by atoms with Gasteiger partial charge in [-0.3, -0.25) is 9.36 Å². The topological polar surface area (TPSA) is 199 Å². The fourth-order valence-corrected chi connectivity index (χ4v) is 4.09. The molecule has 42 heavy (non-hydrogen) atoms. The van der Waals surface area contributed by atoms with Gasteiger partial charge in [-0.15, -0.1) is 0 Å². The summed E-state index contributed by atoms with van der Waals surface area (Å²) in [5.41, 5.74) is 0.482. The molecule has 3 aromatic rings. The lowest BCUT2D eigenvalue weighted by atomic mass is 10.1. The number of esters is 1. The van der Waals surface area contributed by atoms with Crippen LogP contribution in [0, 0.1) is 0 Å². The summed E-state index contributed by atoms with van der Waals surface area (Å²) < 4.78 is 16.7. The van der Waals surface area contributed by atoms with Crippen LogP contribution in [0.15, 0.2) is 77.7 Å². The summed E-state index contributed by atoms with van der Waals surface area (Å²) in [6.07, 6.45) is -5.68. The van der Waals surface area contributed by atoms with Crippen molar-refractivity contribution in [2.75, 3.05) is 11.9 Å². The van der Waals surface area contributed by atoms with Crippen LogP contribution in [0.3, 0.4) is 0 Å². The third kappa shape index (κ3) is 7.98. The highest BCUT2D eigenvalue weighted by atomic mass is 16.6. The lowest BCUT2D eigenvalue weighted by Gasteiger charge is -2.18. The molecule has 1 aromatic heterocycles. The smallest absolute Gasteiger partial charge is 0.408 e. The van der Waals surface area contributed by atoms with Gasteiger partial charge >= 0.3 is 17.8 Å². The quantitative estimate of drug-likeness (QED) is 0.194. The number of aromatic nitrogens is 2. The number of ether oxygens (including phenoxy) is 3. The first-order chi connectivity index (χ1) is 20.2. The fourth-order valence-electron chi connectivity index (χ4n) is 4.09. The highest BCUT2D eigenvalue weighted by Crippen LogP contribution is 2.28. The minimum Gasteiger partial charge on any atom is -0.459 e. The third-order valence-corrected chi connectivity index (χ3v) is 6.29. The molecule has 14 nitrogen and oxygen atoms in total. The molecule has 5 atom stereocenters. The second kappa shape index (κ2) is 14.3. The number of amides is 2. The average Bonchev–Trinajstić information content (AvgIpc) is 3.28. The van der Waals surface area contributed by atoms with Crippen molar-refractivity contribution in [2.45, 2.75) is 50.2 Å². The van der Waals surface area contributed by atoms with Crippen molar-refractivity contribution >= 4 is 23.8 Å². The number of alkyl carbamates (subject to hydrolysis) is 1. The van der Waals surface area contributed by atoms with Gasteiger partial charge in [0, 0.05) is 6.20 Å². The van der Waals surface area contributed by atoms with E-state index < -0.39 is 67.3 Å². The summed E-state index contributed by atoms with van der Waals surface area (Å²) in [5.74, 6) is -1.85. The number of carbonyl (C=O) groups excluding carboxylic acids is 3. The first-order valence-corrected chi connectivity index (χ1v) is 12.9. The average molecular weight is 583 g/mol. The molecule has 0 spiro atoms. The van der Waals surface area contributed by atoms with E-state index in [1.54, 1.807) is 60.7 Å². The zero-order valence-corrected chi connectivity index (χ0v) is 22.2. The normalized spacial score (nSPS) is 20.4. The number of benzene rings is 2. The number of aliphatic hydroxyl groups excluding tert-OH is 3. The van der Waals surface area contributed by atoms with Crippen LogP contribution in [0.4, 0.5) is 10.6 Å². The molecular formula is C28H30N4O10. The summed E-state index contributed by atoms with van der Waals surface area (Å²) in [6, 6.07) is 17.5. The van der Waals surface area contributed by atoms with E-state index in [0.717, 1.165) is 4.57 Å². The molecule has 1 saturated heterocycles. The van der Waals surface area contributed by atoms with Crippen LogP contribution in [0.25, 0.3) is 0 Å². The van der Waals surface area contributed by atoms with Crippen LogP contribution in [0.2, 0.25) is 0 Å². The number of anilines is 1. The maximum absolute atomic E-state index is 12.9. The van der Waals surface area contributed by atoms with Crippen LogP contribution in [0.1, 0.15) is 23.8 Å². The Morgan fingerprint density at radius 3 is 2.12 bits per heavy atom. The molecule has 5 N–H and O–H groups in total. The number of nitrogens with zero attached hydrogens (tertiary/aromatic N) is 2. The van der Waals surface area contributed by atoms with Crippen molar-refractivity contribution < 1.29 is 43.9 Å². The van der Waals surface area contributed by atoms with Crippen molar-refractivity contribution in [3.63, 3.8) is 0 Å². The summed E-state index contributed by atoms with van der Waals surface area (Å²) >= 11 is 0. The minimum absolute atomic E-state index is 0.0691. The van der Waals surface area contributed by atoms with Gasteiger partial charge in [0.25, 0.3) is 0 Å². The molecule has 222 valence electrons. The molecular weight excluding hydrogens is 552 g/mol. The molecule has 1 fully saturated rings. The number of carbonyl (C=O) groups is 3. The molecule has 1 aliphatic rings. The van der Waals surface area contributed by atoms with Crippen molar-refractivity contribution in [3.05, 3.63) is 94.5 Å². The van der Waals surface area contributed by atoms with Gasteiger partial charge in [0.05, 0.1) is 13.0 Å². The molecule has 0 bridgehead atoms. The molecule has 14 heteroatoms. The molecule has 1 aliphatic heterocycles. The van der Waals surface area contributed by atoms with E-state index in [4.69, 9.17) is 14.2 Å². The predicted molar refractivity (Wildman–Crippen MR) is 145 cm³/mol. The Hall–Kier alpha value is -4.63. The fraction of sp³-hybridized carbons (Fsp3) is 0.321. The van der Waals surface area contributed by atoms with Crippen LogP contribution < -0.4 is 16.3 Å². The van der Waals surface area contributed by atoms with E-state index in [9.17, 15) is 34.5 Å². The Labute approximate surface area is 239 Å². The Morgan fingerprint density at radius 2 is 1.55 bits per heavy atom. The van der Waals surface area contributed by atoms with E-state index in [-0.39, 0.29) is 19.0 Å². The van der Waals surface area contributed by atoms with Crippen LogP contribution >= 0.6 is 0 Å². The first-order valence-electron chi connectivity index (χ1n) is 12.9. The molecule has 2 amide bonds. The number of hydrogen-bond acceptors (Lipinski definition) is 11. The Morgan fingerprint density at radius 1 is 0.929 bits per heavy atom. The SMILES string of the molecule is O=C(C[C@H](NC(=O)OCc1ccccc1)C(=O)OCc1ccccc1)Nc1ccn([C@@H]2O[C@H](CO)[C@H](O)C2O)c(=O)n1. The van der Waals surface area contributed by atoms with Crippen molar-refractivity contribution in [2.24, 2.45) is 0 Å². The van der Waals surface area contributed by atoms with Gasteiger partial charge in [0.15, 0.2) is 6.23 Å². The third-order valence-electron chi connectivity index (χ3n) is 6.29. The second-order valence-electron chi connectivity index (χ2n) is 9.34. The van der Waals surface area contributed by atoms with Gasteiger partial charge < -0.3 is 40.2 Å². The van der Waals surface area contributed by atoms with Gasteiger partial charge in [-0.25, -0.2) is 14.4 Å². The maximum atomic E-state index is 12.9. The lowest BCUT2D eigenvalue weighted by Crippen LogP contribution is -2.44. The summed E-state index contributed by atoms with van der Waals surface area (Å²) in [6.45, 7) is -0.743. The number of nitrogens with one attached hydrogen (secondary N) is 2. The summed E-state index contributed by atoms with van der Waals surface area (Å²) in [5, 5.41) is 34.1. The molecule has 1 unspecified atom stereocenters. The lowest BCUT2D eigenvalue weighted by molar-refractivity contribution is -0.148. The van der Waals surface area contributed by atoms with Crippen LogP contribution in [0.5, 0.6) is 0 Å². The Kier molecular flexibility index (Phi) is 10.3. The van der Waals surface area contributed by atoms with Crippen molar-refractivity contribution in [1.82, 2.24) is 14.9 Å². The standard InChI is InChI=1S/C28H30N4O10/c33-14-20-23(35)24(36)25(42-20)32-12-11-21(31-27(32)38)30-22(34)13-19(26(37)40-15-17-7-3-1-4-8-17)29-28(39)41-16-18-9-5-2-6-10-18/h1-12,19-20,23-25,33,35-36H,13-16H2,(H,29,39)(H,30,31,34,38)/t19-,20+,23-,24?,25+/m0/s1. The first kappa shape index (κ1) is 30.3. The maximum Gasteiger partial charge on any atom is 0.408 e. The second-order valence-corrected chi connectivity index (χ2v) is 9.34. The van der Waals surface area contributed by atoms with Gasteiger partial charge in [-0.1, -0.05) is 60.7 Å². The van der Waals surface area contributed by atoms with E-state index in [1.807, 2.05) is 0 Å². The van der Waals surface area contributed by atoms with Gasteiger partial charge in [-0.05, 0) is 17.2 Å². The van der Waals surface area contributed by atoms with E-state index >= 15 is 0 Å². The zero-order valence-electron chi connectivity index (χ0n) is 22.2. The molecule has 2 aromatic carbocycles. The number of hydrogen-bond donors (Lipinski definition) is 5. The largest absolute Gasteiger partial charge is 0.459 e. The van der Waals surface area contributed by atoms with Crippen molar-refractivity contribution in [3.8, 4) is 0 Å². The zero-order chi connectivity index (χ0) is 30.1. The van der Waals surface area contributed by atoms with Gasteiger partial charge in [0.2, 0.25) is 5.91 Å². The van der Waals surface area contributed by atoms with Crippen LogP contribution in [-0.2, 0) is 37.0 Å². The monoisotopic (exact) mass is 582 g/mol. The minimum atomic E-state index is -1.50. The summed E-state index contributed by atoms with van der Waals surface area (Å²) in [7, 11) is 0. The van der Waals surface area contributed by atoms with E-state index in [1.165, 1.54) is 12.3 Å². The van der Waals surface area contributed by atoms with E-state index in [2.05, 4.69) is 15.6 Å². The van der Waals surface area contributed by atoms with Crippen molar-refractivity contribution in [1.29, 1.82) is 0 Å². The summed E-state index contributed by atoms with van der Waals surface area (Å²) in [4.78, 5) is 54.4. The highest BCUT2D eigenvalue weighted by molar-refractivity contribution is 5.94. The highest BCUT2D eigenvalue weighted by Gasteiger charge is 2.43. The Bertz CT molecular complexity index is 1420. The van der Waals surface area contributed by atoms with Gasteiger partial charge in [-0.2, -0.15) is 4.98 Å². The van der Waals surface area contributed by atoms with Crippen LogP contribution in [-0.4, -0.2) is 73.8 Å². The van der Waals surface area contributed by atoms with Gasteiger partial charge in [0.1, 0.15) is 43.4 Å². The number of aliphatic hydroxyl groups is 3. The predicted octanol–water partition coefficient (Wildman–Crippen LogP) is 0.222. The Balaban J connectivity index is 1.40. The molecule has 4 rings (SSSR count). The number of rotatable bonds is 11.